The van der Waals surface area contributed by atoms with Gasteiger partial charge in [0.15, 0.2) is 0 Å². The maximum Gasteiger partial charge on any atom is 0.0899 e. The van der Waals surface area contributed by atoms with Crippen LogP contribution in [0.1, 0.15) is 24.0 Å². The molecule has 86 valence electrons. The summed E-state index contributed by atoms with van der Waals surface area (Å²) in [5, 5.41) is 10.1. The van der Waals surface area contributed by atoms with E-state index in [0.717, 1.165) is 18.4 Å². The van der Waals surface area contributed by atoms with Gasteiger partial charge in [-0.25, -0.2) is 0 Å². The fraction of sp³-hybridized carbons (Fsp3) is 0.250. The van der Waals surface area contributed by atoms with E-state index in [9.17, 15) is 5.11 Å². The Bertz CT molecular complexity index is 553. The van der Waals surface area contributed by atoms with Gasteiger partial charge in [-0.15, -0.1) is 0 Å². The molecule has 0 bridgehead atoms. The summed E-state index contributed by atoms with van der Waals surface area (Å²) in [5.74, 6) is 0. The lowest BCUT2D eigenvalue weighted by Crippen LogP contribution is -2.03. The number of rotatable bonds is 2. The molecule has 0 atom stereocenters. The molecule has 0 amide bonds. The van der Waals surface area contributed by atoms with Crippen LogP contribution in [0.3, 0.4) is 0 Å². The van der Waals surface area contributed by atoms with Crippen molar-refractivity contribution in [2.75, 3.05) is 0 Å². The molecule has 3 rings (SSSR count). The second-order valence-corrected chi connectivity index (χ2v) is 4.93. The molecule has 1 N–H and O–H groups in total. The van der Waals surface area contributed by atoms with Crippen molar-refractivity contribution < 1.29 is 5.11 Å². The standard InChI is InChI=1S/C16H16O/c1-12-5-2-3-8-15(12)13-6-4-7-14(11-13)16(17)9-10-16/h2-8,11,17H,9-10H2,1H3. The van der Waals surface area contributed by atoms with Crippen LogP contribution in [0.25, 0.3) is 11.1 Å². The average Bonchev–Trinajstić information content (AvgIpc) is 3.10. The summed E-state index contributed by atoms with van der Waals surface area (Å²) >= 11 is 0. The van der Waals surface area contributed by atoms with Crippen molar-refractivity contribution in [1.29, 1.82) is 0 Å². The van der Waals surface area contributed by atoms with Gasteiger partial charge in [0.1, 0.15) is 0 Å². The van der Waals surface area contributed by atoms with Gasteiger partial charge in [-0.05, 0) is 48.1 Å². The van der Waals surface area contributed by atoms with Crippen LogP contribution >= 0.6 is 0 Å². The number of hydrogen-bond acceptors (Lipinski definition) is 1. The molecule has 1 aliphatic rings. The molecular formula is C16H16O. The monoisotopic (exact) mass is 224 g/mol. The zero-order chi connectivity index (χ0) is 11.9. The van der Waals surface area contributed by atoms with E-state index in [1.165, 1.54) is 16.7 Å². The van der Waals surface area contributed by atoms with Crippen LogP contribution in [0.15, 0.2) is 48.5 Å². The van der Waals surface area contributed by atoms with E-state index >= 15 is 0 Å². The molecule has 0 aliphatic heterocycles. The largest absolute Gasteiger partial charge is 0.385 e. The summed E-state index contributed by atoms with van der Waals surface area (Å²) in [4.78, 5) is 0. The Morgan fingerprint density at radius 1 is 1.00 bits per heavy atom. The van der Waals surface area contributed by atoms with Gasteiger partial charge in [0.2, 0.25) is 0 Å². The summed E-state index contributed by atoms with van der Waals surface area (Å²) < 4.78 is 0. The highest BCUT2D eigenvalue weighted by atomic mass is 16.3. The van der Waals surface area contributed by atoms with Gasteiger partial charge >= 0.3 is 0 Å². The molecule has 1 aliphatic carbocycles. The Hall–Kier alpha value is -1.60. The first-order valence-electron chi connectivity index (χ1n) is 6.08. The summed E-state index contributed by atoms with van der Waals surface area (Å²) in [5.41, 5.74) is 4.23. The molecule has 0 saturated heterocycles. The number of aliphatic hydroxyl groups is 1. The summed E-state index contributed by atoms with van der Waals surface area (Å²) in [6, 6.07) is 16.6. The summed E-state index contributed by atoms with van der Waals surface area (Å²) in [6.07, 6.45) is 1.79. The minimum absolute atomic E-state index is 0.543. The Labute approximate surface area is 102 Å². The fourth-order valence-corrected chi connectivity index (χ4v) is 2.28. The van der Waals surface area contributed by atoms with E-state index in [2.05, 4.69) is 43.3 Å². The van der Waals surface area contributed by atoms with Crippen molar-refractivity contribution >= 4 is 0 Å². The van der Waals surface area contributed by atoms with E-state index in [4.69, 9.17) is 0 Å². The zero-order valence-electron chi connectivity index (χ0n) is 9.98. The van der Waals surface area contributed by atoms with Gasteiger partial charge < -0.3 is 5.11 Å². The van der Waals surface area contributed by atoms with Crippen LogP contribution in [0.2, 0.25) is 0 Å². The SMILES string of the molecule is Cc1ccccc1-c1cccc(C2(O)CC2)c1. The Morgan fingerprint density at radius 2 is 1.76 bits per heavy atom. The van der Waals surface area contributed by atoms with Gasteiger partial charge in [-0.3, -0.25) is 0 Å². The van der Waals surface area contributed by atoms with Crippen LogP contribution in [-0.2, 0) is 5.60 Å². The van der Waals surface area contributed by atoms with Crippen LogP contribution in [-0.4, -0.2) is 5.11 Å². The van der Waals surface area contributed by atoms with Gasteiger partial charge in [-0.2, -0.15) is 0 Å². The quantitative estimate of drug-likeness (QED) is 0.825. The third-order valence-electron chi connectivity index (χ3n) is 3.58. The molecule has 1 saturated carbocycles. The topological polar surface area (TPSA) is 20.2 Å². The molecule has 1 nitrogen and oxygen atoms in total. The first-order chi connectivity index (χ1) is 8.19. The first kappa shape index (κ1) is 10.5. The first-order valence-corrected chi connectivity index (χ1v) is 6.08. The highest BCUT2D eigenvalue weighted by molar-refractivity contribution is 5.68. The average molecular weight is 224 g/mol. The maximum atomic E-state index is 10.1. The van der Waals surface area contributed by atoms with Gasteiger partial charge in [0.05, 0.1) is 5.60 Å². The van der Waals surface area contributed by atoms with Crippen molar-refractivity contribution in [2.24, 2.45) is 0 Å². The molecule has 2 aromatic rings. The Balaban J connectivity index is 2.07. The molecule has 1 fully saturated rings. The third-order valence-corrected chi connectivity index (χ3v) is 3.58. The smallest absolute Gasteiger partial charge is 0.0899 e. The maximum absolute atomic E-state index is 10.1. The number of aryl methyl sites for hydroxylation is 1. The van der Waals surface area contributed by atoms with Crippen molar-refractivity contribution in [3.05, 3.63) is 59.7 Å². The number of benzene rings is 2. The van der Waals surface area contributed by atoms with Gasteiger partial charge in [-0.1, -0.05) is 42.5 Å². The molecule has 0 spiro atoms. The number of hydrogen-bond donors (Lipinski definition) is 1. The van der Waals surface area contributed by atoms with E-state index < -0.39 is 5.60 Å². The van der Waals surface area contributed by atoms with Crippen LogP contribution in [0.5, 0.6) is 0 Å². The predicted molar refractivity (Wildman–Crippen MR) is 69.7 cm³/mol. The Kier molecular flexibility index (Phi) is 2.30. The van der Waals surface area contributed by atoms with E-state index in [1.54, 1.807) is 0 Å². The molecular weight excluding hydrogens is 208 g/mol. The zero-order valence-corrected chi connectivity index (χ0v) is 9.98. The molecule has 0 heterocycles. The normalized spacial score (nSPS) is 16.8. The molecule has 0 unspecified atom stereocenters. The van der Waals surface area contributed by atoms with E-state index in [-0.39, 0.29) is 0 Å². The minimum Gasteiger partial charge on any atom is -0.385 e. The molecule has 0 radical (unpaired) electrons. The summed E-state index contributed by atoms with van der Waals surface area (Å²) in [7, 11) is 0. The van der Waals surface area contributed by atoms with E-state index in [0.29, 0.717) is 0 Å². The van der Waals surface area contributed by atoms with Crippen LogP contribution in [0.4, 0.5) is 0 Å². The van der Waals surface area contributed by atoms with Gasteiger partial charge in [0.25, 0.3) is 0 Å². The predicted octanol–water partition coefficient (Wildman–Crippen LogP) is 3.64. The lowest BCUT2D eigenvalue weighted by molar-refractivity contribution is 0.151. The summed E-state index contributed by atoms with van der Waals surface area (Å²) in [6.45, 7) is 2.12. The van der Waals surface area contributed by atoms with Crippen molar-refractivity contribution in [1.82, 2.24) is 0 Å². The lowest BCUT2D eigenvalue weighted by atomic mass is 9.97. The highest BCUT2D eigenvalue weighted by Gasteiger charge is 2.42. The van der Waals surface area contributed by atoms with Crippen molar-refractivity contribution in [3.63, 3.8) is 0 Å². The minimum atomic E-state index is -0.543. The van der Waals surface area contributed by atoms with Crippen molar-refractivity contribution in [3.8, 4) is 11.1 Å². The fourth-order valence-electron chi connectivity index (χ4n) is 2.28. The second kappa shape index (κ2) is 3.71. The highest BCUT2D eigenvalue weighted by Crippen LogP contribution is 2.46. The van der Waals surface area contributed by atoms with Gasteiger partial charge in [0, 0.05) is 0 Å². The molecule has 17 heavy (non-hydrogen) atoms. The molecule has 1 heteroatoms. The molecule has 0 aromatic heterocycles. The van der Waals surface area contributed by atoms with Crippen LogP contribution < -0.4 is 0 Å². The Morgan fingerprint density at radius 3 is 2.47 bits per heavy atom. The second-order valence-electron chi connectivity index (χ2n) is 4.93. The molecule has 2 aromatic carbocycles. The van der Waals surface area contributed by atoms with Crippen molar-refractivity contribution in [2.45, 2.75) is 25.4 Å². The van der Waals surface area contributed by atoms with Crippen LogP contribution in [0, 0.1) is 6.92 Å². The van der Waals surface area contributed by atoms with E-state index in [1.807, 2.05) is 12.1 Å². The lowest BCUT2D eigenvalue weighted by Gasteiger charge is -2.11. The third kappa shape index (κ3) is 1.87.